The van der Waals surface area contributed by atoms with Gasteiger partial charge in [0, 0.05) is 32.4 Å². The third-order valence-electron chi connectivity index (χ3n) is 5.09. The fourth-order valence-corrected chi connectivity index (χ4v) is 3.90. The Hall–Kier alpha value is -2.33. The zero-order chi connectivity index (χ0) is 17.2. The smallest absolute Gasteiger partial charge is 0.233 e. The van der Waals surface area contributed by atoms with Gasteiger partial charge in [-0.05, 0) is 25.3 Å². The number of amides is 1. The van der Waals surface area contributed by atoms with Gasteiger partial charge in [-0.1, -0.05) is 0 Å². The van der Waals surface area contributed by atoms with Crippen molar-refractivity contribution in [2.75, 3.05) is 44.8 Å². The average Bonchev–Trinajstić information content (AvgIpc) is 3.03. The van der Waals surface area contributed by atoms with Crippen molar-refractivity contribution in [2.45, 2.75) is 19.3 Å². The molecule has 128 valence electrons. The van der Waals surface area contributed by atoms with Crippen LogP contribution in [0.2, 0.25) is 0 Å². The van der Waals surface area contributed by atoms with E-state index in [9.17, 15) is 10.1 Å². The highest BCUT2D eigenvalue weighted by molar-refractivity contribution is 5.85. The monoisotopic (exact) mass is 330 g/mol. The summed E-state index contributed by atoms with van der Waals surface area (Å²) in [6.07, 6.45) is 4.20. The fraction of sp³-hybridized carbons (Fsp3) is 0.588. The molecular weight excluding hydrogens is 308 g/mol. The zero-order valence-electron chi connectivity index (χ0n) is 13.9. The molecule has 2 fully saturated rings. The number of methoxy groups -OCH3 is 1. The number of carbonyl (C=O) groups excluding carboxylic acids is 1. The molecule has 7 nitrogen and oxygen atoms in total. The molecule has 1 aromatic heterocycles. The number of rotatable bonds is 4. The Bertz CT molecular complexity index is 670. The van der Waals surface area contributed by atoms with Crippen molar-refractivity contribution in [1.82, 2.24) is 9.88 Å². The Kier molecular flexibility index (Phi) is 4.58. The minimum absolute atomic E-state index is 0.00827. The van der Waals surface area contributed by atoms with Crippen molar-refractivity contribution in [3.05, 3.63) is 17.8 Å². The molecule has 0 unspecified atom stereocenters. The first-order valence-corrected chi connectivity index (χ1v) is 8.23. The maximum atomic E-state index is 12.9. The quantitative estimate of drug-likeness (QED) is 0.877. The molecule has 1 atom stereocenters. The minimum atomic E-state index is -0.406. The van der Waals surface area contributed by atoms with Crippen LogP contribution in [0.5, 0.6) is 5.88 Å². The molecule has 2 saturated heterocycles. The number of pyridine rings is 1. The van der Waals surface area contributed by atoms with Crippen LogP contribution in [0.15, 0.2) is 12.3 Å². The van der Waals surface area contributed by atoms with Crippen molar-refractivity contribution in [2.24, 2.45) is 5.41 Å². The van der Waals surface area contributed by atoms with E-state index in [2.05, 4.69) is 16.0 Å². The molecular formula is C17H22N4O3. The molecule has 7 heteroatoms. The Morgan fingerprint density at radius 3 is 3.00 bits per heavy atom. The molecule has 1 amide bonds. The first kappa shape index (κ1) is 16.5. The number of hydrogen-bond donors (Lipinski definition) is 1. The van der Waals surface area contributed by atoms with E-state index in [1.54, 1.807) is 17.2 Å². The lowest BCUT2D eigenvalue weighted by atomic mass is 9.78. The van der Waals surface area contributed by atoms with E-state index in [1.165, 1.54) is 7.11 Å². The van der Waals surface area contributed by atoms with Crippen molar-refractivity contribution in [3.63, 3.8) is 0 Å². The van der Waals surface area contributed by atoms with Gasteiger partial charge in [0.25, 0.3) is 0 Å². The van der Waals surface area contributed by atoms with Gasteiger partial charge in [-0.15, -0.1) is 0 Å². The van der Waals surface area contributed by atoms with Crippen molar-refractivity contribution in [3.8, 4) is 11.9 Å². The molecule has 3 rings (SSSR count). The van der Waals surface area contributed by atoms with E-state index in [1.807, 2.05) is 0 Å². The van der Waals surface area contributed by atoms with Gasteiger partial charge in [-0.25, -0.2) is 4.98 Å². The number of nitriles is 1. The Labute approximate surface area is 141 Å². The molecule has 3 heterocycles. The van der Waals surface area contributed by atoms with Crippen molar-refractivity contribution >= 4 is 11.6 Å². The number of hydrogen-bond acceptors (Lipinski definition) is 6. The number of anilines is 1. The molecule has 2 aliphatic rings. The van der Waals surface area contributed by atoms with Gasteiger partial charge in [-0.2, -0.15) is 5.26 Å². The van der Waals surface area contributed by atoms with E-state index in [4.69, 9.17) is 9.84 Å². The van der Waals surface area contributed by atoms with E-state index in [-0.39, 0.29) is 12.5 Å². The van der Waals surface area contributed by atoms with Crippen LogP contribution in [0.25, 0.3) is 0 Å². The third-order valence-corrected chi connectivity index (χ3v) is 5.09. The van der Waals surface area contributed by atoms with Crippen LogP contribution in [0.1, 0.15) is 24.8 Å². The van der Waals surface area contributed by atoms with E-state index in [0.29, 0.717) is 31.1 Å². The molecule has 24 heavy (non-hydrogen) atoms. The average molecular weight is 330 g/mol. The topological polar surface area (TPSA) is 89.7 Å². The number of β-amino-alcohol motifs (C(OH)–C–C–N with tert-alkyl or cyclic N) is 1. The SMILES string of the molecule is COc1nccc(N2CC[C@]3(CCCN(CCO)C3=O)C2)c1C#N. The summed E-state index contributed by atoms with van der Waals surface area (Å²) in [6.45, 7) is 2.42. The minimum Gasteiger partial charge on any atom is -0.480 e. The van der Waals surface area contributed by atoms with E-state index in [0.717, 1.165) is 31.5 Å². The van der Waals surface area contributed by atoms with Crippen molar-refractivity contribution < 1.29 is 14.6 Å². The normalized spacial score (nSPS) is 23.6. The largest absolute Gasteiger partial charge is 0.480 e. The summed E-state index contributed by atoms with van der Waals surface area (Å²) in [5.74, 6) is 0.442. The van der Waals surface area contributed by atoms with Crippen LogP contribution >= 0.6 is 0 Å². The molecule has 0 radical (unpaired) electrons. The summed E-state index contributed by atoms with van der Waals surface area (Å²) in [4.78, 5) is 20.8. The summed E-state index contributed by atoms with van der Waals surface area (Å²) in [6, 6.07) is 3.97. The predicted molar refractivity (Wildman–Crippen MR) is 87.7 cm³/mol. The summed E-state index contributed by atoms with van der Waals surface area (Å²) >= 11 is 0. The van der Waals surface area contributed by atoms with Gasteiger partial charge >= 0.3 is 0 Å². The van der Waals surface area contributed by atoms with Gasteiger partial charge in [0.15, 0.2) is 0 Å². The second-order valence-electron chi connectivity index (χ2n) is 6.40. The lowest BCUT2D eigenvalue weighted by Crippen LogP contribution is -2.50. The number of nitrogens with zero attached hydrogens (tertiary/aromatic N) is 4. The molecule has 0 bridgehead atoms. The predicted octanol–water partition coefficient (Wildman–Crippen LogP) is 0.773. The summed E-state index contributed by atoms with van der Waals surface area (Å²) in [5, 5.41) is 18.6. The molecule has 0 saturated carbocycles. The highest BCUT2D eigenvalue weighted by Gasteiger charge is 2.48. The summed E-state index contributed by atoms with van der Waals surface area (Å²) in [5.41, 5.74) is 0.775. The summed E-state index contributed by atoms with van der Waals surface area (Å²) in [7, 11) is 1.50. The van der Waals surface area contributed by atoms with Crippen LogP contribution in [-0.4, -0.2) is 60.8 Å². The third kappa shape index (κ3) is 2.67. The van der Waals surface area contributed by atoms with Gasteiger partial charge in [0.2, 0.25) is 11.8 Å². The van der Waals surface area contributed by atoms with Gasteiger partial charge in [0.1, 0.15) is 11.6 Å². The maximum absolute atomic E-state index is 12.9. The van der Waals surface area contributed by atoms with Gasteiger partial charge < -0.3 is 19.6 Å². The van der Waals surface area contributed by atoms with Crippen LogP contribution in [-0.2, 0) is 4.79 Å². The van der Waals surface area contributed by atoms with Crippen LogP contribution in [0.4, 0.5) is 5.69 Å². The van der Waals surface area contributed by atoms with Crippen LogP contribution in [0, 0.1) is 16.7 Å². The van der Waals surface area contributed by atoms with Crippen molar-refractivity contribution in [1.29, 1.82) is 5.26 Å². The number of aliphatic hydroxyl groups excluding tert-OH is 1. The molecule has 1 N–H and O–H groups in total. The molecule has 1 spiro atoms. The van der Waals surface area contributed by atoms with Gasteiger partial charge in [-0.3, -0.25) is 4.79 Å². The molecule has 0 aromatic carbocycles. The molecule has 0 aliphatic carbocycles. The number of carbonyl (C=O) groups is 1. The lowest BCUT2D eigenvalue weighted by molar-refractivity contribution is -0.145. The van der Waals surface area contributed by atoms with Gasteiger partial charge in [0.05, 0.1) is 24.8 Å². The highest BCUT2D eigenvalue weighted by Crippen LogP contribution is 2.42. The van der Waals surface area contributed by atoms with Crippen LogP contribution in [0.3, 0.4) is 0 Å². The number of aromatic nitrogens is 1. The standard InChI is InChI=1S/C17H22N4O3/c1-24-15-13(11-18)14(3-6-19-15)21-8-5-17(12-21)4-2-7-20(9-10-22)16(17)23/h3,6,22H,2,4-5,7-10,12H2,1H3/t17-/m1/s1. The summed E-state index contributed by atoms with van der Waals surface area (Å²) < 4.78 is 5.18. The maximum Gasteiger partial charge on any atom is 0.233 e. The molecule has 1 aromatic rings. The van der Waals surface area contributed by atoms with E-state index < -0.39 is 5.41 Å². The second kappa shape index (κ2) is 6.65. The first-order valence-electron chi connectivity index (χ1n) is 8.23. The molecule has 2 aliphatic heterocycles. The number of piperidine rings is 1. The number of aliphatic hydroxyl groups is 1. The first-order chi connectivity index (χ1) is 11.6. The fourth-order valence-electron chi connectivity index (χ4n) is 3.90. The van der Waals surface area contributed by atoms with Crippen LogP contribution < -0.4 is 9.64 Å². The Morgan fingerprint density at radius 2 is 2.29 bits per heavy atom. The Balaban J connectivity index is 1.86. The number of likely N-dealkylation sites (tertiary alicyclic amines) is 1. The number of ether oxygens (including phenoxy) is 1. The lowest BCUT2D eigenvalue weighted by Gasteiger charge is -2.39. The zero-order valence-corrected chi connectivity index (χ0v) is 13.9. The second-order valence-corrected chi connectivity index (χ2v) is 6.40. The highest BCUT2D eigenvalue weighted by atomic mass is 16.5. The van der Waals surface area contributed by atoms with E-state index >= 15 is 0 Å². The Morgan fingerprint density at radius 1 is 1.46 bits per heavy atom.